The molecule has 0 saturated heterocycles. The van der Waals surface area contributed by atoms with Crippen LogP contribution in [0.2, 0.25) is 0 Å². The Morgan fingerprint density at radius 3 is 1.92 bits per heavy atom. The Morgan fingerprint density at radius 1 is 0.410 bits per heavy atom. The lowest BCUT2D eigenvalue weighted by atomic mass is 10.0. The van der Waals surface area contributed by atoms with Gasteiger partial charge < -0.3 is 4.57 Å². The highest BCUT2D eigenvalue weighted by atomic mass is 32.1. The highest BCUT2D eigenvalue weighted by molar-refractivity contribution is 7.21. The second-order valence-corrected chi connectivity index (χ2v) is 11.3. The van der Waals surface area contributed by atoms with Crippen molar-refractivity contribution in [1.29, 1.82) is 0 Å². The molecule has 3 heterocycles. The van der Waals surface area contributed by atoms with Crippen molar-refractivity contribution in [3.8, 4) is 10.7 Å². The topological polar surface area (TPSA) is 9.86 Å². The zero-order chi connectivity index (χ0) is 25.5. The molecule has 3 heteroatoms. The fourth-order valence-corrected chi connectivity index (χ4v) is 7.49. The molecule has 0 atom stereocenters. The van der Waals surface area contributed by atoms with Crippen molar-refractivity contribution in [3.05, 3.63) is 133 Å². The molecule has 9 rings (SSSR count). The molecule has 0 fully saturated rings. The lowest BCUT2D eigenvalue weighted by Gasteiger charge is -2.10. The maximum Gasteiger partial charge on any atom is 0.101 e. The summed E-state index contributed by atoms with van der Waals surface area (Å²) in [5.74, 6) is 0. The monoisotopic (exact) mass is 514 g/mol. The minimum absolute atomic E-state index is 1.18. The van der Waals surface area contributed by atoms with Gasteiger partial charge in [0, 0.05) is 37.3 Å². The summed E-state index contributed by atoms with van der Waals surface area (Å²) < 4.78 is 6.21. The smallest absolute Gasteiger partial charge is 0.101 e. The molecule has 0 aliphatic heterocycles. The van der Waals surface area contributed by atoms with E-state index in [9.17, 15) is 0 Å². The minimum atomic E-state index is 1.18. The Kier molecular flexibility index (Phi) is 4.24. The summed E-state index contributed by atoms with van der Waals surface area (Å²) >= 11 is 1.86. The lowest BCUT2D eigenvalue weighted by Crippen LogP contribution is -1.94. The first-order valence-electron chi connectivity index (χ1n) is 13.3. The van der Waals surface area contributed by atoms with E-state index in [1.807, 2.05) is 11.3 Å². The van der Waals surface area contributed by atoms with Crippen LogP contribution in [0.15, 0.2) is 133 Å². The van der Waals surface area contributed by atoms with Crippen LogP contribution in [0, 0.1) is 0 Å². The van der Waals surface area contributed by atoms with E-state index in [4.69, 9.17) is 0 Å². The van der Waals surface area contributed by atoms with Gasteiger partial charge in [-0.05, 0) is 59.3 Å². The molecule has 0 aliphatic rings. The van der Waals surface area contributed by atoms with E-state index in [1.54, 1.807) is 0 Å². The average molecular weight is 515 g/mol. The van der Waals surface area contributed by atoms with Crippen LogP contribution >= 0.6 is 11.3 Å². The van der Waals surface area contributed by atoms with E-state index in [0.717, 1.165) is 0 Å². The molecule has 9 aromatic rings. The SMILES string of the molecule is c1ccc(-n2c3ccccc3c3cc4ccc5c6ccccc6n(-c6cc7ccccc7s6)c5c4cc32)cc1. The summed E-state index contributed by atoms with van der Waals surface area (Å²) in [4.78, 5) is 0. The Balaban J connectivity index is 1.49. The van der Waals surface area contributed by atoms with Crippen molar-refractivity contribution >= 4 is 75.8 Å². The molecule has 0 aliphatic carbocycles. The van der Waals surface area contributed by atoms with Crippen LogP contribution in [-0.2, 0) is 0 Å². The highest BCUT2D eigenvalue weighted by Gasteiger charge is 2.19. The first kappa shape index (κ1) is 21.1. The first-order valence-corrected chi connectivity index (χ1v) is 14.1. The van der Waals surface area contributed by atoms with Crippen LogP contribution in [0.5, 0.6) is 0 Å². The number of hydrogen-bond acceptors (Lipinski definition) is 1. The predicted octanol–water partition coefficient (Wildman–Crippen LogP) is 10.2. The predicted molar refractivity (Wildman–Crippen MR) is 168 cm³/mol. The second kappa shape index (κ2) is 7.83. The van der Waals surface area contributed by atoms with Crippen LogP contribution in [0.25, 0.3) is 75.2 Å². The van der Waals surface area contributed by atoms with Gasteiger partial charge in [0.25, 0.3) is 0 Å². The molecule has 0 amide bonds. The third kappa shape index (κ3) is 2.91. The summed E-state index contributed by atoms with van der Waals surface area (Å²) in [6, 6.07) is 48.7. The quantitative estimate of drug-likeness (QED) is 0.217. The van der Waals surface area contributed by atoms with Crippen LogP contribution < -0.4 is 0 Å². The number of nitrogens with zero attached hydrogens (tertiary/aromatic N) is 2. The van der Waals surface area contributed by atoms with Crippen LogP contribution in [0.4, 0.5) is 0 Å². The summed E-state index contributed by atoms with van der Waals surface area (Å²) in [6.45, 7) is 0. The summed E-state index contributed by atoms with van der Waals surface area (Å²) in [5, 5.41) is 10.2. The minimum Gasteiger partial charge on any atom is -0.309 e. The Bertz CT molecular complexity index is 2350. The Morgan fingerprint density at radius 2 is 1.10 bits per heavy atom. The fourth-order valence-electron chi connectivity index (χ4n) is 6.41. The zero-order valence-electron chi connectivity index (χ0n) is 21.0. The Labute approximate surface area is 228 Å². The number of benzene rings is 6. The van der Waals surface area contributed by atoms with E-state index in [1.165, 1.54) is 75.2 Å². The number of para-hydroxylation sites is 3. The van der Waals surface area contributed by atoms with Crippen molar-refractivity contribution in [2.45, 2.75) is 0 Å². The molecule has 182 valence electrons. The third-order valence-electron chi connectivity index (χ3n) is 8.09. The van der Waals surface area contributed by atoms with Crippen LogP contribution in [0.3, 0.4) is 0 Å². The van der Waals surface area contributed by atoms with Gasteiger partial charge in [-0.25, -0.2) is 0 Å². The van der Waals surface area contributed by atoms with Crippen LogP contribution in [-0.4, -0.2) is 9.13 Å². The van der Waals surface area contributed by atoms with Crippen molar-refractivity contribution in [2.75, 3.05) is 0 Å². The number of hydrogen-bond donors (Lipinski definition) is 0. The second-order valence-electron chi connectivity index (χ2n) is 10.2. The summed E-state index contributed by atoms with van der Waals surface area (Å²) in [6.07, 6.45) is 0. The van der Waals surface area contributed by atoms with E-state index in [-0.39, 0.29) is 0 Å². The van der Waals surface area contributed by atoms with Gasteiger partial charge in [0.1, 0.15) is 5.00 Å². The first-order chi connectivity index (χ1) is 19.3. The molecule has 3 aromatic heterocycles. The van der Waals surface area contributed by atoms with Gasteiger partial charge in [-0.15, -0.1) is 11.3 Å². The molecule has 0 saturated carbocycles. The van der Waals surface area contributed by atoms with E-state index < -0.39 is 0 Å². The largest absolute Gasteiger partial charge is 0.309 e. The van der Waals surface area contributed by atoms with Gasteiger partial charge in [0.2, 0.25) is 0 Å². The number of fused-ring (bicyclic) bond motifs is 9. The lowest BCUT2D eigenvalue weighted by molar-refractivity contribution is 1.18. The van der Waals surface area contributed by atoms with Crippen LogP contribution in [0.1, 0.15) is 0 Å². The number of thiophene rings is 1. The maximum atomic E-state index is 2.49. The van der Waals surface area contributed by atoms with E-state index >= 15 is 0 Å². The van der Waals surface area contributed by atoms with Gasteiger partial charge in [-0.1, -0.05) is 84.9 Å². The van der Waals surface area contributed by atoms with E-state index in [0.29, 0.717) is 0 Å². The van der Waals surface area contributed by atoms with E-state index in [2.05, 4.69) is 143 Å². The van der Waals surface area contributed by atoms with Crippen molar-refractivity contribution in [3.63, 3.8) is 0 Å². The average Bonchev–Trinajstić information content (AvgIpc) is 3.66. The van der Waals surface area contributed by atoms with Gasteiger partial charge in [-0.2, -0.15) is 0 Å². The summed E-state index contributed by atoms with van der Waals surface area (Å²) in [7, 11) is 0. The molecule has 0 spiro atoms. The van der Waals surface area contributed by atoms with Gasteiger partial charge >= 0.3 is 0 Å². The number of aromatic nitrogens is 2. The molecule has 39 heavy (non-hydrogen) atoms. The molecule has 0 bridgehead atoms. The van der Waals surface area contributed by atoms with Gasteiger partial charge in [-0.3, -0.25) is 4.57 Å². The molecule has 0 N–H and O–H groups in total. The molecule has 0 unspecified atom stereocenters. The standard InChI is InChI=1S/C36H22N2S/c1-2-11-25(12-3-1)37-31-15-7-6-14-27(31)30-20-23-18-19-28-26-13-5-8-16-32(26)38(36(28)29(23)22-33(30)37)35-21-24-10-4-9-17-34(24)39-35/h1-22H. The maximum absolute atomic E-state index is 2.49. The zero-order valence-corrected chi connectivity index (χ0v) is 21.8. The van der Waals surface area contributed by atoms with Crippen molar-refractivity contribution in [2.24, 2.45) is 0 Å². The molecular formula is C36H22N2S. The molecular weight excluding hydrogens is 492 g/mol. The normalized spacial score (nSPS) is 12.1. The molecule has 6 aromatic carbocycles. The molecule has 0 radical (unpaired) electrons. The fraction of sp³-hybridized carbons (Fsp3) is 0. The number of rotatable bonds is 2. The molecule has 2 nitrogen and oxygen atoms in total. The van der Waals surface area contributed by atoms with Gasteiger partial charge in [0.15, 0.2) is 0 Å². The van der Waals surface area contributed by atoms with Gasteiger partial charge in [0.05, 0.1) is 22.1 Å². The van der Waals surface area contributed by atoms with Crippen molar-refractivity contribution in [1.82, 2.24) is 9.13 Å². The highest BCUT2D eigenvalue weighted by Crippen LogP contribution is 2.42. The van der Waals surface area contributed by atoms with Crippen molar-refractivity contribution < 1.29 is 0 Å². The summed E-state index contributed by atoms with van der Waals surface area (Å²) in [5.41, 5.74) is 6.16. The Hall–Kier alpha value is -4.86. The third-order valence-corrected chi connectivity index (χ3v) is 9.19.